The Labute approximate surface area is 265 Å². The third-order valence-electron chi connectivity index (χ3n) is 7.83. The van der Waals surface area contributed by atoms with Crippen LogP contribution in [-0.4, -0.2) is 19.1 Å². The first-order chi connectivity index (χ1) is 20.8. The molecule has 0 aliphatic heterocycles. The highest BCUT2D eigenvalue weighted by molar-refractivity contribution is 7.07. The number of hydrogen-bond donors (Lipinski definition) is 1. The Morgan fingerprint density at radius 3 is 2.14 bits per heavy atom. The van der Waals surface area contributed by atoms with Crippen molar-refractivity contribution in [2.75, 3.05) is 18.5 Å². The van der Waals surface area contributed by atoms with Gasteiger partial charge in [0.15, 0.2) is 30.3 Å². The van der Waals surface area contributed by atoms with Gasteiger partial charge in [0.25, 0.3) is 5.91 Å². The van der Waals surface area contributed by atoms with Crippen molar-refractivity contribution in [2.24, 2.45) is 0 Å². The number of anilines is 1. The second-order valence-corrected chi connectivity index (χ2v) is 13.5. The van der Waals surface area contributed by atoms with E-state index in [4.69, 9.17) is 9.47 Å². The number of nitrogens with zero attached hydrogens (tertiary/aromatic N) is 1. The Kier molecular flexibility index (Phi) is 15.1. The maximum atomic E-state index is 12.9. The summed E-state index contributed by atoms with van der Waals surface area (Å²) in [6.07, 6.45) is 15.8. The molecule has 3 rings (SSSR count). The molecule has 0 spiro atoms. The molecule has 6 heteroatoms. The van der Waals surface area contributed by atoms with E-state index in [1.165, 1.54) is 76.3 Å². The Bertz CT molecular complexity index is 1230. The lowest BCUT2D eigenvalue weighted by Gasteiger charge is -2.24. The predicted molar refractivity (Wildman–Crippen MR) is 181 cm³/mol. The molecule has 236 valence electrons. The Morgan fingerprint density at radius 1 is 0.860 bits per heavy atom. The zero-order valence-electron chi connectivity index (χ0n) is 27.4. The standard InChI is InChI=1S/C37H54N2O3S/c1-6-7-8-9-10-11-12-13-14-15-16-17-24-41-36-33(37(3,4)5)22-19-23-34(36)42-27-35(40)38-32-21-18-20-31(25-32)26-39-29-43-28-30(39)2/h18-23,25,28-29H,6-17,24,26-27H2,1-5H3/p+1. The number of carbonyl (C=O) groups is 1. The van der Waals surface area contributed by atoms with E-state index >= 15 is 0 Å². The van der Waals surface area contributed by atoms with Gasteiger partial charge in [-0.25, -0.2) is 0 Å². The summed E-state index contributed by atoms with van der Waals surface area (Å²) in [4.78, 5) is 12.9. The highest BCUT2D eigenvalue weighted by atomic mass is 32.1. The molecule has 0 saturated heterocycles. The van der Waals surface area contributed by atoms with E-state index in [1.54, 1.807) is 11.3 Å². The molecule has 1 heterocycles. The summed E-state index contributed by atoms with van der Waals surface area (Å²) in [6.45, 7) is 12.3. The number of unbranched alkanes of at least 4 members (excludes halogenated alkanes) is 11. The number of ether oxygens (including phenoxy) is 2. The number of rotatable bonds is 20. The zero-order valence-corrected chi connectivity index (χ0v) is 28.2. The monoisotopic (exact) mass is 607 g/mol. The van der Waals surface area contributed by atoms with Crippen molar-refractivity contribution in [3.05, 3.63) is 70.2 Å². The summed E-state index contributed by atoms with van der Waals surface area (Å²) in [5, 5.41) is 5.13. The van der Waals surface area contributed by atoms with Crippen LogP contribution in [0.1, 0.15) is 122 Å². The molecule has 1 aromatic heterocycles. The van der Waals surface area contributed by atoms with E-state index in [2.05, 4.69) is 67.5 Å². The van der Waals surface area contributed by atoms with Gasteiger partial charge in [-0.05, 0) is 30.0 Å². The van der Waals surface area contributed by atoms with Crippen molar-refractivity contribution in [2.45, 2.75) is 124 Å². The van der Waals surface area contributed by atoms with Gasteiger partial charge in [-0.15, -0.1) is 0 Å². The summed E-state index contributed by atoms with van der Waals surface area (Å²) in [5.41, 5.74) is 6.23. The molecule has 0 radical (unpaired) electrons. The summed E-state index contributed by atoms with van der Waals surface area (Å²) < 4.78 is 14.6. The number of aryl methyl sites for hydroxylation is 1. The number of benzene rings is 2. The molecule has 0 aliphatic carbocycles. The lowest BCUT2D eigenvalue weighted by atomic mass is 9.86. The third-order valence-corrected chi connectivity index (χ3v) is 8.69. The van der Waals surface area contributed by atoms with Crippen LogP contribution in [0, 0.1) is 6.92 Å². The van der Waals surface area contributed by atoms with Crippen LogP contribution < -0.4 is 19.4 Å². The molecule has 43 heavy (non-hydrogen) atoms. The minimum atomic E-state index is -0.190. The van der Waals surface area contributed by atoms with Crippen LogP contribution in [0.4, 0.5) is 5.69 Å². The molecule has 1 amide bonds. The van der Waals surface area contributed by atoms with Crippen LogP contribution in [0.15, 0.2) is 53.4 Å². The van der Waals surface area contributed by atoms with Gasteiger partial charge in [0.05, 0.1) is 12.0 Å². The van der Waals surface area contributed by atoms with Gasteiger partial charge in [0.2, 0.25) is 5.51 Å². The van der Waals surface area contributed by atoms with Gasteiger partial charge in [-0.1, -0.05) is 134 Å². The molecule has 1 N–H and O–H groups in total. The van der Waals surface area contributed by atoms with Crippen LogP contribution in [0.3, 0.4) is 0 Å². The van der Waals surface area contributed by atoms with Gasteiger partial charge < -0.3 is 14.8 Å². The Hall–Kier alpha value is -2.86. The van der Waals surface area contributed by atoms with Crippen molar-refractivity contribution < 1.29 is 18.8 Å². The van der Waals surface area contributed by atoms with Crippen LogP contribution in [-0.2, 0) is 16.8 Å². The van der Waals surface area contributed by atoms with E-state index in [1.807, 2.05) is 30.3 Å². The fourth-order valence-corrected chi connectivity index (χ4v) is 6.07. The minimum absolute atomic E-state index is 0.0782. The normalized spacial score (nSPS) is 11.5. The lowest BCUT2D eigenvalue weighted by molar-refractivity contribution is -0.689. The van der Waals surface area contributed by atoms with Crippen LogP contribution in [0.25, 0.3) is 0 Å². The zero-order chi connectivity index (χ0) is 30.9. The molecule has 5 nitrogen and oxygen atoms in total. The van der Waals surface area contributed by atoms with Crippen molar-refractivity contribution in [3.8, 4) is 11.5 Å². The summed E-state index contributed by atoms with van der Waals surface area (Å²) in [5.74, 6) is 1.19. The smallest absolute Gasteiger partial charge is 0.262 e. The average molecular weight is 608 g/mol. The third kappa shape index (κ3) is 12.7. The van der Waals surface area contributed by atoms with Gasteiger partial charge in [-0.2, -0.15) is 4.57 Å². The van der Waals surface area contributed by atoms with Crippen LogP contribution in [0.5, 0.6) is 11.5 Å². The van der Waals surface area contributed by atoms with Crippen molar-refractivity contribution >= 4 is 22.9 Å². The number of hydrogen-bond acceptors (Lipinski definition) is 4. The highest BCUT2D eigenvalue weighted by Gasteiger charge is 2.22. The molecular weight excluding hydrogens is 552 g/mol. The number of thiazole rings is 1. The van der Waals surface area contributed by atoms with E-state index in [-0.39, 0.29) is 17.9 Å². The molecule has 0 fully saturated rings. The fraction of sp³-hybridized carbons (Fsp3) is 0.568. The second-order valence-electron chi connectivity index (χ2n) is 12.8. The van der Waals surface area contributed by atoms with E-state index in [9.17, 15) is 4.79 Å². The summed E-state index contributed by atoms with van der Waals surface area (Å²) in [6, 6.07) is 14.0. The minimum Gasteiger partial charge on any atom is -0.489 e. The Balaban J connectivity index is 1.45. The van der Waals surface area contributed by atoms with Crippen molar-refractivity contribution in [1.29, 1.82) is 0 Å². The molecule has 0 bridgehead atoms. The topological polar surface area (TPSA) is 51.4 Å². The number of aromatic nitrogens is 1. The van der Waals surface area contributed by atoms with E-state index < -0.39 is 0 Å². The van der Waals surface area contributed by atoms with Crippen LogP contribution in [0.2, 0.25) is 0 Å². The van der Waals surface area contributed by atoms with Gasteiger partial charge >= 0.3 is 0 Å². The second kappa shape index (κ2) is 18.7. The number of carbonyl (C=O) groups excluding carboxylic acids is 1. The maximum absolute atomic E-state index is 12.9. The SMILES string of the molecule is CCCCCCCCCCCCCCOc1c(OCC(=O)Nc2cccc(C[n+]3cscc3C)c2)cccc1C(C)(C)C. The highest BCUT2D eigenvalue weighted by Crippen LogP contribution is 2.38. The quantitative estimate of drug-likeness (QED) is 0.103. The lowest BCUT2D eigenvalue weighted by Crippen LogP contribution is -2.34. The molecule has 0 saturated carbocycles. The largest absolute Gasteiger partial charge is 0.489 e. The first-order valence-electron chi connectivity index (χ1n) is 16.5. The number of nitrogens with one attached hydrogen (secondary N) is 1. The van der Waals surface area contributed by atoms with E-state index in [0.29, 0.717) is 12.4 Å². The number of para-hydroxylation sites is 1. The molecular formula is C37H55N2O3S+. The molecule has 3 aromatic rings. The molecule has 0 aliphatic rings. The maximum Gasteiger partial charge on any atom is 0.262 e. The number of amides is 1. The first kappa shape index (κ1) is 34.6. The van der Waals surface area contributed by atoms with Crippen LogP contribution >= 0.6 is 11.3 Å². The summed E-state index contributed by atoms with van der Waals surface area (Å²) >= 11 is 1.69. The van der Waals surface area contributed by atoms with Gasteiger partial charge in [0.1, 0.15) is 0 Å². The fourth-order valence-electron chi connectivity index (χ4n) is 5.29. The summed E-state index contributed by atoms with van der Waals surface area (Å²) in [7, 11) is 0. The molecule has 2 aromatic carbocycles. The van der Waals surface area contributed by atoms with E-state index in [0.717, 1.165) is 35.5 Å². The average Bonchev–Trinajstić information content (AvgIpc) is 3.38. The van der Waals surface area contributed by atoms with Gasteiger partial charge in [-0.3, -0.25) is 4.79 Å². The Morgan fingerprint density at radius 2 is 1.51 bits per heavy atom. The van der Waals surface area contributed by atoms with Crippen molar-refractivity contribution in [3.63, 3.8) is 0 Å². The van der Waals surface area contributed by atoms with Gasteiger partial charge in [0, 0.05) is 23.7 Å². The van der Waals surface area contributed by atoms with Crippen molar-refractivity contribution in [1.82, 2.24) is 0 Å². The molecule has 0 atom stereocenters. The predicted octanol–water partition coefficient (Wildman–Crippen LogP) is 9.79. The molecule has 0 unspecified atom stereocenters. The first-order valence-corrected chi connectivity index (χ1v) is 17.4.